The molecule has 1 unspecified atom stereocenters. The van der Waals surface area contributed by atoms with E-state index in [2.05, 4.69) is 11.0 Å². The molecule has 0 N–H and O–H groups in total. The van der Waals surface area contributed by atoms with Gasteiger partial charge >= 0.3 is 0 Å². The molecule has 4 rings (SSSR count). The van der Waals surface area contributed by atoms with E-state index in [1.54, 1.807) is 11.4 Å². The van der Waals surface area contributed by atoms with Gasteiger partial charge in [-0.3, -0.25) is 0 Å². The zero-order valence-electron chi connectivity index (χ0n) is 15.0. The second-order valence-corrected chi connectivity index (χ2v) is 9.65. The molecule has 7 nitrogen and oxygen atoms in total. The molecule has 0 spiro atoms. The van der Waals surface area contributed by atoms with Crippen molar-refractivity contribution in [3.05, 3.63) is 22.9 Å². The number of likely N-dealkylation sites (N-methyl/N-ethyl adjacent to an activating group) is 1. The zero-order valence-corrected chi connectivity index (χ0v) is 15.8. The summed E-state index contributed by atoms with van der Waals surface area (Å²) in [6.45, 7) is 2.53. The van der Waals surface area contributed by atoms with E-state index < -0.39 is 10.0 Å². The van der Waals surface area contributed by atoms with Crippen LogP contribution in [0.2, 0.25) is 0 Å². The van der Waals surface area contributed by atoms with Crippen LogP contribution in [-0.4, -0.2) is 55.7 Å². The van der Waals surface area contributed by atoms with Crippen LogP contribution >= 0.6 is 0 Å². The lowest BCUT2D eigenvalue weighted by atomic mass is 10.0. The molecule has 2 aliphatic heterocycles. The molecule has 8 heteroatoms. The third kappa shape index (κ3) is 3.20. The van der Waals surface area contributed by atoms with Crippen LogP contribution in [0.25, 0.3) is 0 Å². The molecule has 0 radical (unpaired) electrons. The first kappa shape index (κ1) is 17.7. The number of sulfonamides is 1. The fraction of sp³-hybridized carbons (Fsp3) is 0.667. The molecule has 2 fully saturated rings. The van der Waals surface area contributed by atoms with E-state index in [1.807, 2.05) is 6.07 Å². The summed E-state index contributed by atoms with van der Waals surface area (Å²) in [7, 11) is -1.50. The van der Waals surface area contributed by atoms with Gasteiger partial charge in [0.2, 0.25) is 10.0 Å². The molecule has 3 heterocycles. The van der Waals surface area contributed by atoms with E-state index in [0.717, 1.165) is 49.9 Å². The fourth-order valence-electron chi connectivity index (χ4n) is 3.85. The Bertz CT molecular complexity index is 845. The third-order valence-electron chi connectivity index (χ3n) is 5.59. The van der Waals surface area contributed by atoms with Crippen molar-refractivity contribution in [1.82, 2.24) is 9.29 Å². The molecule has 1 saturated heterocycles. The summed E-state index contributed by atoms with van der Waals surface area (Å²) in [6, 6.07) is 4.07. The minimum absolute atomic E-state index is 0.0675. The van der Waals surface area contributed by atoms with E-state index >= 15 is 0 Å². The first-order chi connectivity index (χ1) is 12.5. The highest BCUT2D eigenvalue weighted by molar-refractivity contribution is 7.90. The number of ether oxygens (including phenoxy) is 1. The van der Waals surface area contributed by atoms with Gasteiger partial charge in [0.1, 0.15) is 11.9 Å². The molecule has 0 aromatic carbocycles. The summed E-state index contributed by atoms with van der Waals surface area (Å²) in [5.41, 5.74) is 2.52. The molecular weight excluding hydrogens is 352 g/mol. The van der Waals surface area contributed by atoms with Crippen LogP contribution in [0.15, 0.2) is 6.07 Å². The predicted molar refractivity (Wildman–Crippen MR) is 97.3 cm³/mol. The molecule has 140 valence electrons. The average molecular weight is 376 g/mol. The van der Waals surface area contributed by atoms with Crippen molar-refractivity contribution >= 4 is 15.8 Å². The Kier molecular flexibility index (Phi) is 4.63. The normalized spacial score (nSPS) is 23.6. The number of nitriles is 1. The van der Waals surface area contributed by atoms with E-state index in [-0.39, 0.29) is 11.3 Å². The van der Waals surface area contributed by atoms with Crippen LogP contribution in [0.1, 0.15) is 42.5 Å². The van der Waals surface area contributed by atoms with Gasteiger partial charge in [-0.1, -0.05) is 0 Å². The second kappa shape index (κ2) is 6.80. The SMILES string of the molecule is CN(C1CCCN(c2nc3c(cc2C#N)COCC3)C1)S(=O)(=O)C1CC1. The molecule has 1 saturated carbocycles. The lowest BCUT2D eigenvalue weighted by Crippen LogP contribution is -2.49. The number of nitrogens with zero attached hydrogens (tertiary/aromatic N) is 4. The molecule has 1 aromatic rings. The van der Waals surface area contributed by atoms with Crippen LogP contribution in [-0.2, 0) is 27.8 Å². The maximum Gasteiger partial charge on any atom is 0.217 e. The van der Waals surface area contributed by atoms with Crippen molar-refractivity contribution in [2.75, 3.05) is 31.6 Å². The average Bonchev–Trinajstić information content (AvgIpc) is 3.52. The molecule has 1 atom stereocenters. The lowest BCUT2D eigenvalue weighted by molar-refractivity contribution is 0.109. The minimum atomic E-state index is -3.20. The van der Waals surface area contributed by atoms with Crippen LogP contribution in [0.3, 0.4) is 0 Å². The van der Waals surface area contributed by atoms with Crippen molar-refractivity contribution in [2.45, 2.75) is 50.0 Å². The highest BCUT2D eigenvalue weighted by Crippen LogP contribution is 2.33. The minimum Gasteiger partial charge on any atom is -0.376 e. The first-order valence-electron chi connectivity index (χ1n) is 9.23. The van der Waals surface area contributed by atoms with Gasteiger partial charge in [0, 0.05) is 38.2 Å². The number of fused-ring (bicyclic) bond motifs is 1. The quantitative estimate of drug-likeness (QED) is 0.790. The molecular formula is C18H24N4O3S. The molecule has 1 aromatic heterocycles. The summed E-state index contributed by atoms with van der Waals surface area (Å²) in [6.07, 6.45) is 4.04. The maximum absolute atomic E-state index is 12.6. The Morgan fingerprint density at radius 3 is 2.92 bits per heavy atom. The van der Waals surface area contributed by atoms with Crippen LogP contribution < -0.4 is 4.90 Å². The summed E-state index contributed by atoms with van der Waals surface area (Å²) in [5.74, 6) is 0.690. The van der Waals surface area contributed by atoms with Gasteiger partial charge < -0.3 is 9.64 Å². The van der Waals surface area contributed by atoms with E-state index in [9.17, 15) is 13.7 Å². The largest absolute Gasteiger partial charge is 0.376 e. The van der Waals surface area contributed by atoms with Crippen LogP contribution in [0.5, 0.6) is 0 Å². The Hall–Kier alpha value is -1.69. The zero-order chi connectivity index (χ0) is 18.3. The van der Waals surface area contributed by atoms with Crippen molar-refractivity contribution in [1.29, 1.82) is 5.26 Å². The maximum atomic E-state index is 12.6. The predicted octanol–water partition coefficient (Wildman–Crippen LogP) is 1.42. The smallest absolute Gasteiger partial charge is 0.217 e. The number of hydrogen-bond donors (Lipinski definition) is 0. The van der Waals surface area contributed by atoms with E-state index in [1.165, 1.54) is 0 Å². The molecule has 26 heavy (non-hydrogen) atoms. The van der Waals surface area contributed by atoms with Crippen molar-refractivity contribution in [3.63, 3.8) is 0 Å². The summed E-state index contributed by atoms with van der Waals surface area (Å²) in [4.78, 5) is 6.85. The number of aromatic nitrogens is 1. The number of piperidine rings is 1. The standard InChI is InChI=1S/C18H24N4O3S/c1-21(26(23,24)16-4-5-16)15-3-2-7-22(11-15)18-13(10-19)9-14-12-25-8-6-17(14)20-18/h9,15-16H,2-8,11-12H2,1H3. The second-order valence-electron chi connectivity index (χ2n) is 7.38. The molecule has 0 amide bonds. The van der Waals surface area contributed by atoms with Crippen LogP contribution in [0, 0.1) is 11.3 Å². The van der Waals surface area contributed by atoms with Crippen molar-refractivity contribution < 1.29 is 13.2 Å². The topological polar surface area (TPSA) is 86.5 Å². The Balaban J connectivity index is 1.59. The Morgan fingerprint density at radius 1 is 1.38 bits per heavy atom. The number of pyridine rings is 1. The summed E-state index contributed by atoms with van der Waals surface area (Å²) < 4.78 is 32.2. The summed E-state index contributed by atoms with van der Waals surface area (Å²) >= 11 is 0. The number of hydrogen-bond acceptors (Lipinski definition) is 6. The van der Waals surface area contributed by atoms with Gasteiger partial charge in [0.05, 0.1) is 29.7 Å². The van der Waals surface area contributed by atoms with Crippen LogP contribution in [0.4, 0.5) is 5.82 Å². The van der Waals surface area contributed by atoms with Gasteiger partial charge in [-0.05, 0) is 31.7 Å². The molecule has 1 aliphatic carbocycles. The van der Waals surface area contributed by atoms with E-state index in [4.69, 9.17) is 9.72 Å². The Morgan fingerprint density at radius 2 is 2.19 bits per heavy atom. The van der Waals surface area contributed by atoms with Gasteiger partial charge in [0.15, 0.2) is 0 Å². The number of rotatable bonds is 4. The van der Waals surface area contributed by atoms with Gasteiger partial charge in [-0.25, -0.2) is 13.4 Å². The summed E-state index contributed by atoms with van der Waals surface area (Å²) in [5, 5.41) is 9.38. The van der Waals surface area contributed by atoms with Crippen molar-refractivity contribution in [3.8, 4) is 6.07 Å². The lowest BCUT2D eigenvalue weighted by Gasteiger charge is -2.38. The van der Waals surface area contributed by atoms with Gasteiger partial charge in [0.25, 0.3) is 0 Å². The van der Waals surface area contributed by atoms with Gasteiger partial charge in [-0.15, -0.1) is 0 Å². The van der Waals surface area contributed by atoms with Gasteiger partial charge in [-0.2, -0.15) is 9.57 Å². The fourth-order valence-corrected chi connectivity index (χ4v) is 5.64. The molecule has 3 aliphatic rings. The first-order valence-corrected chi connectivity index (χ1v) is 10.7. The third-order valence-corrected chi connectivity index (χ3v) is 8.00. The Labute approximate surface area is 154 Å². The molecule has 0 bridgehead atoms. The monoisotopic (exact) mass is 376 g/mol. The van der Waals surface area contributed by atoms with Crippen molar-refractivity contribution in [2.24, 2.45) is 0 Å². The highest BCUT2D eigenvalue weighted by atomic mass is 32.2. The van der Waals surface area contributed by atoms with E-state index in [0.29, 0.717) is 31.1 Å². The number of anilines is 1. The highest BCUT2D eigenvalue weighted by Gasteiger charge is 2.42.